The Morgan fingerprint density at radius 2 is 2.00 bits per heavy atom. The van der Waals surface area contributed by atoms with Crippen molar-refractivity contribution in [2.45, 2.75) is 30.3 Å². The van der Waals surface area contributed by atoms with Gasteiger partial charge in [0, 0.05) is 6.07 Å². The van der Waals surface area contributed by atoms with Crippen LogP contribution in [0.5, 0.6) is 5.88 Å². The average Bonchev–Trinajstić information content (AvgIpc) is 2.54. The first kappa shape index (κ1) is 15.0. The molecule has 4 nitrogen and oxygen atoms in total. The molecule has 3 rings (SSSR count). The summed E-state index contributed by atoms with van der Waals surface area (Å²) in [4.78, 5) is 4.23. The number of fused-ring (bicyclic) bond motifs is 1. The van der Waals surface area contributed by atoms with E-state index >= 15 is 0 Å². The van der Waals surface area contributed by atoms with Gasteiger partial charge in [-0.2, -0.15) is 0 Å². The van der Waals surface area contributed by atoms with E-state index in [4.69, 9.17) is 4.74 Å². The summed E-state index contributed by atoms with van der Waals surface area (Å²) >= 11 is 0. The fourth-order valence-corrected chi connectivity index (χ4v) is 4.96. The molecule has 0 radical (unpaired) electrons. The molecule has 1 aliphatic carbocycles. The summed E-state index contributed by atoms with van der Waals surface area (Å²) in [5.41, 5.74) is 2.64. The highest BCUT2D eigenvalue weighted by atomic mass is 32.2. The molecule has 1 atom stereocenters. The molecular formula is C17H19NO3S. The Hall–Kier alpha value is -1.88. The smallest absolute Gasteiger partial charge is 0.213 e. The molecule has 0 N–H and O–H groups in total. The van der Waals surface area contributed by atoms with Gasteiger partial charge in [-0.05, 0) is 36.5 Å². The second-order valence-corrected chi connectivity index (χ2v) is 7.74. The topological polar surface area (TPSA) is 56.3 Å². The molecule has 116 valence electrons. The fourth-order valence-electron chi connectivity index (χ4n) is 3.04. The van der Waals surface area contributed by atoms with Crippen molar-refractivity contribution in [3.8, 4) is 5.88 Å². The summed E-state index contributed by atoms with van der Waals surface area (Å²) in [5, 5.41) is -0.426. The molecule has 0 spiro atoms. The molecule has 1 aromatic carbocycles. The molecule has 0 bridgehead atoms. The van der Waals surface area contributed by atoms with Crippen LogP contribution >= 0.6 is 0 Å². The average molecular weight is 317 g/mol. The molecule has 1 unspecified atom stereocenters. The van der Waals surface area contributed by atoms with Gasteiger partial charge < -0.3 is 4.74 Å². The Morgan fingerprint density at radius 3 is 2.82 bits per heavy atom. The van der Waals surface area contributed by atoms with Gasteiger partial charge in [0.05, 0.1) is 23.8 Å². The number of pyridine rings is 1. The minimum atomic E-state index is -3.29. The highest BCUT2D eigenvalue weighted by Crippen LogP contribution is 2.36. The van der Waals surface area contributed by atoms with E-state index in [1.807, 2.05) is 24.3 Å². The summed E-state index contributed by atoms with van der Waals surface area (Å²) in [6.07, 6.45) is 2.55. The Morgan fingerprint density at radius 1 is 1.18 bits per heavy atom. The number of methoxy groups -OCH3 is 1. The summed E-state index contributed by atoms with van der Waals surface area (Å²) in [6, 6.07) is 13.1. The molecule has 2 aromatic rings. The van der Waals surface area contributed by atoms with E-state index < -0.39 is 15.1 Å². The molecule has 0 fully saturated rings. The number of aromatic nitrogens is 1. The lowest BCUT2D eigenvalue weighted by atomic mass is 9.91. The van der Waals surface area contributed by atoms with Gasteiger partial charge in [0.2, 0.25) is 5.88 Å². The first-order chi connectivity index (χ1) is 10.6. The van der Waals surface area contributed by atoms with Gasteiger partial charge in [-0.15, -0.1) is 0 Å². The van der Waals surface area contributed by atoms with Gasteiger partial charge >= 0.3 is 0 Å². The minimum Gasteiger partial charge on any atom is -0.481 e. The van der Waals surface area contributed by atoms with Crippen molar-refractivity contribution in [2.24, 2.45) is 0 Å². The third-order valence-corrected chi connectivity index (χ3v) is 6.14. The number of aryl methyl sites for hydroxylation is 1. The standard InChI is InChI=1S/C17H19NO3S/c1-21-17-11-5-8-14(18-17)12-22(19,20)16-10-4-7-13-6-2-3-9-15(13)16/h2-3,5-6,8-9,11,16H,4,7,10,12H2,1H3. The Kier molecular flexibility index (Phi) is 4.16. The fraction of sp³-hybridized carbons (Fsp3) is 0.353. The summed E-state index contributed by atoms with van der Waals surface area (Å²) in [6.45, 7) is 0. The second kappa shape index (κ2) is 6.08. The van der Waals surface area contributed by atoms with E-state index in [0.29, 0.717) is 18.0 Å². The van der Waals surface area contributed by atoms with E-state index in [2.05, 4.69) is 4.98 Å². The van der Waals surface area contributed by atoms with Crippen molar-refractivity contribution in [2.75, 3.05) is 7.11 Å². The van der Waals surface area contributed by atoms with Crippen LogP contribution in [0.3, 0.4) is 0 Å². The van der Waals surface area contributed by atoms with Crippen LogP contribution in [0.2, 0.25) is 0 Å². The van der Waals surface area contributed by atoms with Gasteiger partial charge in [-0.25, -0.2) is 13.4 Å². The molecule has 22 heavy (non-hydrogen) atoms. The third kappa shape index (κ3) is 2.99. The second-order valence-electron chi connectivity index (χ2n) is 5.56. The number of hydrogen-bond donors (Lipinski definition) is 0. The molecule has 0 saturated carbocycles. The minimum absolute atomic E-state index is 0.0524. The molecule has 5 heteroatoms. The lowest BCUT2D eigenvalue weighted by Crippen LogP contribution is -2.20. The Bertz CT molecular complexity index is 771. The van der Waals surface area contributed by atoms with Crippen LogP contribution in [0, 0.1) is 0 Å². The van der Waals surface area contributed by atoms with Crippen LogP contribution in [-0.2, 0) is 22.0 Å². The van der Waals surface area contributed by atoms with Crippen molar-refractivity contribution in [1.82, 2.24) is 4.98 Å². The van der Waals surface area contributed by atoms with Gasteiger partial charge in [0.15, 0.2) is 9.84 Å². The summed E-state index contributed by atoms with van der Waals surface area (Å²) < 4.78 is 30.7. The third-order valence-electron chi connectivity index (χ3n) is 4.09. The largest absolute Gasteiger partial charge is 0.481 e. The van der Waals surface area contributed by atoms with Crippen LogP contribution < -0.4 is 4.74 Å². The van der Waals surface area contributed by atoms with Crippen LogP contribution in [-0.4, -0.2) is 20.5 Å². The van der Waals surface area contributed by atoms with Crippen LogP contribution in [0.1, 0.15) is 34.9 Å². The maximum atomic E-state index is 12.8. The quantitative estimate of drug-likeness (QED) is 0.869. The molecule has 1 aliphatic rings. The number of nitrogens with zero attached hydrogens (tertiary/aromatic N) is 1. The van der Waals surface area contributed by atoms with Crippen molar-refractivity contribution >= 4 is 9.84 Å². The maximum absolute atomic E-state index is 12.8. The van der Waals surface area contributed by atoms with Crippen LogP contribution in [0.25, 0.3) is 0 Å². The van der Waals surface area contributed by atoms with Crippen molar-refractivity contribution in [3.63, 3.8) is 0 Å². The van der Waals surface area contributed by atoms with E-state index in [0.717, 1.165) is 24.0 Å². The SMILES string of the molecule is COc1cccc(CS(=O)(=O)C2CCCc3ccccc32)n1. The van der Waals surface area contributed by atoms with Crippen LogP contribution in [0.4, 0.5) is 0 Å². The van der Waals surface area contributed by atoms with Gasteiger partial charge in [0.25, 0.3) is 0 Å². The molecule has 0 saturated heterocycles. The van der Waals surface area contributed by atoms with Crippen molar-refractivity contribution in [1.29, 1.82) is 0 Å². The van der Waals surface area contributed by atoms with Gasteiger partial charge in [-0.1, -0.05) is 30.3 Å². The number of benzene rings is 1. The zero-order chi connectivity index (χ0) is 15.6. The van der Waals surface area contributed by atoms with E-state index in [9.17, 15) is 8.42 Å². The Labute approximate surface area is 131 Å². The number of hydrogen-bond acceptors (Lipinski definition) is 4. The molecule has 1 aromatic heterocycles. The lowest BCUT2D eigenvalue weighted by molar-refractivity contribution is 0.396. The van der Waals surface area contributed by atoms with Gasteiger partial charge in [0.1, 0.15) is 0 Å². The molecule has 0 amide bonds. The Balaban J connectivity index is 1.90. The zero-order valence-corrected chi connectivity index (χ0v) is 13.3. The highest BCUT2D eigenvalue weighted by Gasteiger charge is 2.31. The normalized spacial score (nSPS) is 17.8. The summed E-state index contributed by atoms with van der Waals surface area (Å²) in [7, 11) is -1.77. The molecule has 0 aliphatic heterocycles. The predicted octanol–water partition coefficient (Wildman–Crippen LogP) is 3.08. The van der Waals surface area contributed by atoms with Gasteiger partial charge in [-0.3, -0.25) is 0 Å². The first-order valence-corrected chi connectivity index (χ1v) is 9.11. The lowest BCUT2D eigenvalue weighted by Gasteiger charge is -2.25. The van der Waals surface area contributed by atoms with Crippen LogP contribution in [0.15, 0.2) is 42.5 Å². The van der Waals surface area contributed by atoms with E-state index in [-0.39, 0.29) is 5.75 Å². The van der Waals surface area contributed by atoms with Crippen molar-refractivity contribution < 1.29 is 13.2 Å². The van der Waals surface area contributed by atoms with E-state index in [1.165, 1.54) is 7.11 Å². The molecular weight excluding hydrogens is 298 g/mol. The number of sulfone groups is 1. The number of rotatable bonds is 4. The molecule has 1 heterocycles. The maximum Gasteiger partial charge on any atom is 0.213 e. The highest BCUT2D eigenvalue weighted by molar-refractivity contribution is 7.90. The predicted molar refractivity (Wildman–Crippen MR) is 85.5 cm³/mol. The first-order valence-electron chi connectivity index (χ1n) is 7.39. The monoisotopic (exact) mass is 317 g/mol. The zero-order valence-electron chi connectivity index (χ0n) is 12.5. The van der Waals surface area contributed by atoms with E-state index in [1.54, 1.807) is 18.2 Å². The van der Waals surface area contributed by atoms with Crippen molar-refractivity contribution in [3.05, 3.63) is 59.3 Å². The summed E-state index contributed by atoms with van der Waals surface area (Å²) in [5.74, 6) is 0.389. The number of ether oxygens (including phenoxy) is 1.